The molecule has 1 aliphatic rings. The molecule has 0 saturated heterocycles. The zero-order valence-corrected chi connectivity index (χ0v) is 18.3. The zero-order chi connectivity index (χ0) is 20.2. The third-order valence-corrected chi connectivity index (χ3v) is 6.40. The predicted octanol–water partition coefficient (Wildman–Crippen LogP) is 5.49. The number of hydrogen-bond donors (Lipinski definition) is 0. The lowest BCUT2D eigenvalue weighted by atomic mass is 9.94. The Kier molecular flexibility index (Phi) is 4.68. The molecule has 0 atom stereocenters. The van der Waals surface area contributed by atoms with Gasteiger partial charge >= 0.3 is 0 Å². The molecule has 0 unspecified atom stereocenters. The van der Waals surface area contributed by atoms with Gasteiger partial charge < -0.3 is 4.90 Å². The summed E-state index contributed by atoms with van der Waals surface area (Å²) < 4.78 is 2.14. The summed E-state index contributed by atoms with van der Waals surface area (Å²) in [4.78, 5) is 7.64. The minimum atomic E-state index is 0.557. The van der Waals surface area contributed by atoms with Crippen molar-refractivity contribution in [1.29, 1.82) is 0 Å². The van der Waals surface area contributed by atoms with Crippen molar-refractivity contribution in [3.63, 3.8) is 0 Å². The molecule has 4 heteroatoms. The van der Waals surface area contributed by atoms with Gasteiger partial charge in [0.15, 0.2) is 5.65 Å². The van der Waals surface area contributed by atoms with E-state index < -0.39 is 0 Å². The van der Waals surface area contributed by atoms with Gasteiger partial charge in [0, 0.05) is 23.8 Å². The van der Waals surface area contributed by atoms with Gasteiger partial charge in [0.05, 0.1) is 11.3 Å². The molecule has 4 nitrogen and oxygen atoms in total. The average molecular weight is 377 g/mol. The molecule has 1 aromatic carbocycles. The Hall–Kier alpha value is -2.36. The van der Waals surface area contributed by atoms with Crippen molar-refractivity contribution in [2.24, 2.45) is 0 Å². The fourth-order valence-electron chi connectivity index (χ4n) is 5.16. The van der Waals surface area contributed by atoms with Gasteiger partial charge in [0.25, 0.3) is 0 Å². The van der Waals surface area contributed by atoms with Crippen LogP contribution in [-0.2, 0) is 6.42 Å². The number of benzene rings is 1. The van der Waals surface area contributed by atoms with Crippen molar-refractivity contribution in [3.05, 3.63) is 45.8 Å². The summed E-state index contributed by atoms with van der Waals surface area (Å²) in [6, 6.07) is 5.09. The zero-order valence-electron chi connectivity index (χ0n) is 18.3. The topological polar surface area (TPSA) is 33.4 Å². The molecule has 4 rings (SSSR count). The van der Waals surface area contributed by atoms with Crippen LogP contribution in [0.5, 0.6) is 0 Å². The monoisotopic (exact) mass is 376 g/mol. The molecular weight excluding hydrogens is 344 g/mol. The van der Waals surface area contributed by atoms with Crippen LogP contribution in [0.15, 0.2) is 12.1 Å². The van der Waals surface area contributed by atoms with Crippen LogP contribution in [0.3, 0.4) is 0 Å². The van der Waals surface area contributed by atoms with Gasteiger partial charge in [0.2, 0.25) is 0 Å². The van der Waals surface area contributed by atoms with Crippen LogP contribution >= 0.6 is 0 Å². The van der Waals surface area contributed by atoms with Crippen molar-refractivity contribution in [2.75, 3.05) is 11.4 Å². The summed E-state index contributed by atoms with van der Waals surface area (Å²) >= 11 is 0. The molecule has 28 heavy (non-hydrogen) atoms. The van der Waals surface area contributed by atoms with Crippen LogP contribution < -0.4 is 4.90 Å². The molecule has 3 aromatic rings. The summed E-state index contributed by atoms with van der Waals surface area (Å²) in [5, 5.41) is 5.02. The summed E-state index contributed by atoms with van der Waals surface area (Å²) in [6.45, 7) is 16.5. The van der Waals surface area contributed by atoms with E-state index in [1.165, 1.54) is 39.2 Å². The summed E-state index contributed by atoms with van der Waals surface area (Å²) in [5.41, 5.74) is 11.0. The number of hydrogen-bond acceptors (Lipinski definition) is 3. The van der Waals surface area contributed by atoms with E-state index in [1.807, 2.05) is 0 Å². The van der Waals surface area contributed by atoms with Gasteiger partial charge in [-0.2, -0.15) is 9.61 Å². The lowest BCUT2D eigenvalue weighted by Crippen LogP contribution is -2.34. The standard InChI is InChI=1S/C24H32N4/c1-8-19(9-2)27-11-10-20-17(6)25-23-22(18(7)26-28(23)24(20)27)21-15(4)12-14(3)13-16(21)5/h12-13,19H,8-11H2,1-7H3. The minimum Gasteiger partial charge on any atom is -0.353 e. The molecule has 0 N–H and O–H groups in total. The van der Waals surface area contributed by atoms with Gasteiger partial charge in [-0.3, -0.25) is 0 Å². The maximum absolute atomic E-state index is 5.07. The Morgan fingerprint density at radius 3 is 2.18 bits per heavy atom. The van der Waals surface area contributed by atoms with Crippen molar-refractivity contribution < 1.29 is 0 Å². The van der Waals surface area contributed by atoms with Gasteiger partial charge in [-0.15, -0.1) is 0 Å². The molecule has 1 aliphatic heterocycles. The molecular formula is C24H32N4. The van der Waals surface area contributed by atoms with Crippen LogP contribution in [0.4, 0.5) is 5.82 Å². The Labute approximate surface area is 168 Å². The molecule has 0 spiro atoms. The van der Waals surface area contributed by atoms with Crippen molar-refractivity contribution >= 4 is 11.5 Å². The first-order valence-corrected chi connectivity index (χ1v) is 10.6. The predicted molar refractivity (Wildman–Crippen MR) is 118 cm³/mol. The van der Waals surface area contributed by atoms with Crippen LogP contribution in [0.2, 0.25) is 0 Å². The van der Waals surface area contributed by atoms with E-state index in [4.69, 9.17) is 10.1 Å². The van der Waals surface area contributed by atoms with Gasteiger partial charge in [-0.1, -0.05) is 31.5 Å². The third kappa shape index (κ3) is 2.73. The summed E-state index contributed by atoms with van der Waals surface area (Å²) in [7, 11) is 0. The average Bonchev–Trinajstić information content (AvgIpc) is 3.19. The first-order valence-electron chi connectivity index (χ1n) is 10.6. The quantitative estimate of drug-likeness (QED) is 0.604. The smallest absolute Gasteiger partial charge is 0.165 e. The molecule has 3 heterocycles. The first-order chi connectivity index (χ1) is 13.4. The lowest BCUT2D eigenvalue weighted by molar-refractivity contribution is 0.563. The number of anilines is 1. The Morgan fingerprint density at radius 2 is 1.57 bits per heavy atom. The second-order valence-electron chi connectivity index (χ2n) is 8.38. The highest BCUT2D eigenvalue weighted by molar-refractivity contribution is 5.85. The molecule has 0 radical (unpaired) electrons. The molecule has 2 aromatic heterocycles. The minimum absolute atomic E-state index is 0.557. The highest BCUT2D eigenvalue weighted by atomic mass is 15.4. The van der Waals surface area contributed by atoms with E-state index in [-0.39, 0.29) is 0 Å². The Bertz CT molecular complexity index is 1030. The molecule has 0 aliphatic carbocycles. The van der Waals surface area contributed by atoms with E-state index in [0.29, 0.717) is 6.04 Å². The number of aryl methyl sites for hydroxylation is 5. The number of aromatic nitrogens is 3. The second-order valence-corrected chi connectivity index (χ2v) is 8.38. The van der Waals surface area contributed by atoms with Crippen LogP contribution in [0.25, 0.3) is 16.8 Å². The van der Waals surface area contributed by atoms with Gasteiger partial charge in [-0.05, 0) is 70.6 Å². The Morgan fingerprint density at radius 1 is 0.929 bits per heavy atom. The number of rotatable bonds is 4. The largest absolute Gasteiger partial charge is 0.353 e. The van der Waals surface area contributed by atoms with E-state index in [0.717, 1.165) is 42.8 Å². The number of nitrogens with zero attached hydrogens (tertiary/aromatic N) is 4. The van der Waals surface area contributed by atoms with E-state index in [9.17, 15) is 0 Å². The van der Waals surface area contributed by atoms with Crippen molar-refractivity contribution in [3.8, 4) is 11.1 Å². The van der Waals surface area contributed by atoms with E-state index in [1.54, 1.807) is 0 Å². The molecule has 0 amide bonds. The fourth-order valence-corrected chi connectivity index (χ4v) is 5.16. The van der Waals surface area contributed by atoms with Crippen LogP contribution in [0.1, 0.15) is 60.3 Å². The number of fused-ring (bicyclic) bond motifs is 3. The second kappa shape index (κ2) is 6.91. The van der Waals surface area contributed by atoms with Crippen molar-refractivity contribution in [1.82, 2.24) is 14.6 Å². The highest BCUT2D eigenvalue weighted by Gasteiger charge is 2.31. The molecule has 0 saturated carbocycles. The van der Waals surface area contributed by atoms with Gasteiger partial charge in [-0.25, -0.2) is 4.98 Å². The first kappa shape index (κ1) is 19.0. The normalized spacial score (nSPS) is 13.8. The summed E-state index contributed by atoms with van der Waals surface area (Å²) in [5.74, 6) is 1.27. The molecule has 0 fully saturated rings. The van der Waals surface area contributed by atoms with Crippen molar-refractivity contribution in [2.45, 2.75) is 73.8 Å². The lowest BCUT2D eigenvalue weighted by Gasteiger charge is -2.28. The maximum Gasteiger partial charge on any atom is 0.165 e. The maximum atomic E-state index is 5.07. The van der Waals surface area contributed by atoms with Crippen LogP contribution in [-0.4, -0.2) is 27.2 Å². The third-order valence-electron chi connectivity index (χ3n) is 6.40. The van der Waals surface area contributed by atoms with Gasteiger partial charge in [0.1, 0.15) is 5.82 Å². The molecule has 148 valence electrons. The molecule has 0 bridgehead atoms. The SMILES string of the molecule is CCC(CC)N1CCc2c(C)nc3c(-c4c(C)cc(C)cc4C)c(C)nn3c21. The Balaban J connectivity index is 2.02. The van der Waals surface area contributed by atoms with E-state index >= 15 is 0 Å². The van der Waals surface area contributed by atoms with Crippen LogP contribution in [0, 0.1) is 34.6 Å². The fraction of sp³-hybridized carbons (Fsp3) is 0.500. The highest BCUT2D eigenvalue weighted by Crippen LogP contribution is 2.39. The summed E-state index contributed by atoms with van der Waals surface area (Å²) in [6.07, 6.45) is 3.38. The van der Waals surface area contributed by atoms with E-state index in [2.05, 4.69) is 70.0 Å².